The van der Waals surface area contributed by atoms with Crippen LogP contribution in [0.3, 0.4) is 0 Å². The maximum absolute atomic E-state index is 12.3. The summed E-state index contributed by atoms with van der Waals surface area (Å²) in [6.45, 7) is 8.40. The number of nitrogens with one attached hydrogen (secondary N) is 1. The van der Waals surface area contributed by atoms with Gasteiger partial charge < -0.3 is 10.1 Å². The summed E-state index contributed by atoms with van der Waals surface area (Å²) in [6.07, 6.45) is 0.128. The topological polar surface area (TPSA) is 68.3 Å². The molecule has 0 radical (unpaired) electrons. The molecular formula is C14H20N2O3S. The molecule has 2 rings (SSSR count). The second kappa shape index (κ2) is 4.84. The monoisotopic (exact) mass is 296 g/mol. The van der Waals surface area contributed by atoms with E-state index in [1.165, 1.54) is 18.4 Å². The molecule has 20 heavy (non-hydrogen) atoms. The highest BCUT2D eigenvalue weighted by Gasteiger charge is 2.68. The van der Waals surface area contributed by atoms with Crippen molar-refractivity contribution in [2.45, 2.75) is 34.1 Å². The molecule has 0 unspecified atom stereocenters. The standard InChI is InChI=1S/C14H20N2O3S/c1-13(2)10(14(13,3)4)11(18)16-12-15-8(7-20-12)6-9(17)19-5/h7,10H,6H2,1-5H3,(H,15,16,18). The minimum atomic E-state index is -0.336. The van der Waals surface area contributed by atoms with Gasteiger partial charge in [0.2, 0.25) is 5.91 Å². The zero-order valence-electron chi connectivity index (χ0n) is 12.4. The molecule has 1 aromatic heterocycles. The third-order valence-electron chi connectivity index (χ3n) is 4.62. The van der Waals surface area contributed by atoms with Gasteiger partial charge in [0.05, 0.1) is 19.2 Å². The fraction of sp³-hybridized carbons (Fsp3) is 0.643. The molecule has 5 nitrogen and oxygen atoms in total. The molecule has 1 fully saturated rings. The fourth-order valence-electron chi connectivity index (χ4n) is 2.70. The van der Waals surface area contributed by atoms with Crippen molar-refractivity contribution in [2.24, 2.45) is 16.7 Å². The van der Waals surface area contributed by atoms with Crippen LogP contribution in [-0.4, -0.2) is 24.0 Å². The van der Waals surface area contributed by atoms with Gasteiger partial charge in [-0.15, -0.1) is 11.3 Å². The van der Waals surface area contributed by atoms with Gasteiger partial charge in [-0.25, -0.2) is 4.98 Å². The summed E-state index contributed by atoms with van der Waals surface area (Å²) in [5.74, 6) is -0.348. The van der Waals surface area contributed by atoms with Crippen LogP contribution in [0.2, 0.25) is 0 Å². The lowest BCUT2D eigenvalue weighted by Crippen LogP contribution is -2.17. The molecule has 1 saturated carbocycles. The largest absolute Gasteiger partial charge is 0.469 e. The third kappa shape index (κ3) is 2.44. The van der Waals surface area contributed by atoms with Gasteiger partial charge in [-0.3, -0.25) is 9.59 Å². The van der Waals surface area contributed by atoms with Gasteiger partial charge in [-0.2, -0.15) is 0 Å². The van der Waals surface area contributed by atoms with E-state index in [0.717, 1.165) is 0 Å². The normalized spacial score (nSPS) is 19.4. The van der Waals surface area contributed by atoms with Crippen molar-refractivity contribution >= 4 is 28.3 Å². The van der Waals surface area contributed by atoms with E-state index in [2.05, 4.69) is 42.7 Å². The predicted molar refractivity (Wildman–Crippen MR) is 77.5 cm³/mol. The first-order chi connectivity index (χ1) is 9.20. The molecular weight excluding hydrogens is 276 g/mol. The maximum Gasteiger partial charge on any atom is 0.311 e. The first-order valence-electron chi connectivity index (χ1n) is 6.52. The SMILES string of the molecule is COC(=O)Cc1csc(NC(=O)C2C(C)(C)C2(C)C)n1. The number of thiazole rings is 1. The summed E-state index contributed by atoms with van der Waals surface area (Å²) in [6, 6.07) is 0. The van der Waals surface area contributed by atoms with Crippen LogP contribution in [-0.2, 0) is 20.7 Å². The van der Waals surface area contributed by atoms with Crippen LogP contribution in [0.4, 0.5) is 5.13 Å². The Hall–Kier alpha value is -1.43. The van der Waals surface area contributed by atoms with Crippen molar-refractivity contribution in [3.05, 3.63) is 11.1 Å². The lowest BCUT2D eigenvalue weighted by Gasteiger charge is -2.03. The zero-order valence-corrected chi connectivity index (χ0v) is 13.3. The molecule has 1 N–H and O–H groups in total. The van der Waals surface area contributed by atoms with Gasteiger partial charge in [0, 0.05) is 11.3 Å². The van der Waals surface area contributed by atoms with E-state index in [-0.39, 0.29) is 35.0 Å². The Morgan fingerprint density at radius 2 is 1.95 bits per heavy atom. The fourth-order valence-corrected chi connectivity index (χ4v) is 3.41. The number of nitrogens with zero attached hydrogens (tertiary/aromatic N) is 1. The number of hydrogen-bond acceptors (Lipinski definition) is 5. The molecule has 6 heteroatoms. The number of methoxy groups -OCH3 is 1. The van der Waals surface area contributed by atoms with Crippen LogP contribution in [0.1, 0.15) is 33.4 Å². The highest BCUT2D eigenvalue weighted by Crippen LogP contribution is 2.68. The van der Waals surface area contributed by atoms with Crippen molar-refractivity contribution < 1.29 is 14.3 Å². The van der Waals surface area contributed by atoms with Crippen LogP contribution < -0.4 is 5.32 Å². The Kier molecular flexibility index (Phi) is 3.62. The highest BCUT2D eigenvalue weighted by atomic mass is 32.1. The van der Waals surface area contributed by atoms with Crippen LogP contribution in [0, 0.1) is 16.7 Å². The quantitative estimate of drug-likeness (QED) is 0.867. The van der Waals surface area contributed by atoms with Crippen molar-refractivity contribution in [3.63, 3.8) is 0 Å². The summed E-state index contributed by atoms with van der Waals surface area (Å²) in [7, 11) is 1.34. The Labute approximate surface area is 122 Å². The Morgan fingerprint density at radius 3 is 2.45 bits per heavy atom. The molecule has 1 aromatic rings. The minimum Gasteiger partial charge on any atom is -0.469 e. The number of hydrogen-bond donors (Lipinski definition) is 1. The highest BCUT2D eigenvalue weighted by molar-refractivity contribution is 7.13. The molecule has 0 bridgehead atoms. The van der Waals surface area contributed by atoms with E-state index in [1.807, 2.05) is 0 Å². The molecule has 0 aromatic carbocycles. The van der Waals surface area contributed by atoms with Gasteiger partial charge in [0.25, 0.3) is 0 Å². The Balaban J connectivity index is 1.98. The van der Waals surface area contributed by atoms with E-state index in [9.17, 15) is 9.59 Å². The van der Waals surface area contributed by atoms with Crippen LogP contribution in [0.15, 0.2) is 5.38 Å². The van der Waals surface area contributed by atoms with Crippen molar-refractivity contribution in [2.75, 3.05) is 12.4 Å². The summed E-state index contributed by atoms with van der Waals surface area (Å²) < 4.78 is 4.59. The predicted octanol–water partition coefficient (Wildman–Crippen LogP) is 2.48. The summed E-state index contributed by atoms with van der Waals surface area (Å²) in [5, 5.41) is 5.14. The minimum absolute atomic E-state index is 0.000956. The molecule has 0 saturated heterocycles. The molecule has 1 amide bonds. The summed E-state index contributed by atoms with van der Waals surface area (Å²) >= 11 is 1.32. The summed E-state index contributed by atoms with van der Waals surface area (Å²) in [5.41, 5.74) is 0.623. The second-order valence-electron chi connectivity index (χ2n) is 6.26. The summed E-state index contributed by atoms with van der Waals surface area (Å²) in [4.78, 5) is 27.6. The van der Waals surface area contributed by atoms with Gasteiger partial charge in [0.15, 0.2) is 5.13 Å². The number of ether oxygens (including phenoxy) is 1. The zero-order chi connectivity index (χ0) is 15.1. The van der Waals surface area contributed by atoms with Gasteiger partial charge in [-0.1, -0.05) is 27.7 Å². The average Bonchev–Trinajstić information content (AvgIpc) is 2.65. The van der Waals surface area contributed by atoms with Gasteiger partial charge in [0.1, 0.15) is 0 Å². The Morgan fingerprint density at radius 1 is 1.35 bits per heavy atom. The van der Waals surface area contributed by atoms with Crippen LogP contribution in [0.5, 0.6) is 0 Å². The molecule has 110 valence electrons. The maximum atomic E-state index is 12.3. The Bertz CT molecular complexity index is 534. The van der Waals surface area contributed by atoms with E-state index >= 15 is 0 Å². The second-order valence-corrected chi connectivity index (χ2v) is 7.12. The molecule has 0 atom stereocenters. The lowest BCUT2D eigenvalue weighted by molar-refractivity contribution is -0.139. The van der Waals surface area contributed by atoms with Crippen molar-refractivity contribution in [1.82, 2.24) is 4.98 Å². The molecule has 0 aliphatic heterocycles. The van der Waals surface area contributed by atoms with Crippen molar-refractivity contribution in [1.29, 1.82) is 0 Å². The smallest absolute Gasteiger partial charge is 0.311 e. The number of aromatic nitrogens is 1. The van der Waals surface area contributed by atoms with Gasteiger partial charge in [-0.05, 0) is 10.8 Å². The number of amides is 1. The van der Waals surface area contributed by atoms with Crippen LogP contribution in [0.25, 0.3) is 0 Å². The lowest BCUT2D eigenvalue weighted by atomic mass is 10.0. The van der Waals surface area contributed by atoms with Gasteiger partial charge >= 0.3 is 5.97 Å². The number of esters is 1. The molecule has 1 heterocycles. The first kappa shape index (κ1) is 15.0. The van der Waals surface area contributed by atoms with E-state index in [0.29, 0.717) is 10.8 Å². The molecule has 1 aliphatic carbocycles. The van der Waals surface area contributed by atoms with E-state index in [4.69, 9.17) is 0 Å². The third-order valence-corrected chi connectivity index (χ3v) is 5.42. The molecule has 0 spiro atoms. The number of carbonyl (C=O) groups excluding carboxylic acids is 2. The average molecular weight is 296 g/mol. The number of carbonyl (C=O) groups is 2. The van der Waals surface area contributed by atoms with E-state index in [1.54, 1.807) is 5.38 Å². The molecule has 1 aliphatic rings. The van der Waals surface area contributed by atoms with Crippen LogP contribution >= 0.6 is 11.3 Å². The number of anilines is 1. The number of rotatable bonds is 4. The van der Waals surface area contributed by atoms with Crippen molar-refractivity contribution in [3.8, 4) is 0 Å². The first-order valence-corrected chi connectivity index (χ1v) is 7.40. The van der Waals surface area contributed by atoms with E-state index < -0.39 is 0 Å².